The van der Waals surface area contributed by atoms with Gasteiger partial charge in [-0.1, -0.05) is 20.8 Å². The third-order valence-corrected chi connectivity index (χ3v) is 4.33. The van der Waals surface area contributed by atoms with E-state index in [1.54, 1.807) is 23.9 Å². The predicted molar refractivity (Wildman–Crippen MR) is 73.1 cm³/mol. The smallest absolute Gasteiger partial charge is 0.269 e. The van der Waals surface area contributed by atoms with Crippen LogP contribution < -0.4 is 5.73 Å². The van der Waals surface area contributed by atoms with Crippen LogP contribution in [0.15, 0.2) is 18.2 Å². The predicted octanol–water partition coefficient (Wildman–Crippen LogP) is 3.45. The maximum atomic E-state index is 10.7. The average molecular weight is 254 g/mol. The lowest BCUT2D eigenvalue weighted by atomic mass is 10.1. The zero-order valence-electron chi connectivity index (χ0n) is 10.3. The highest BCUT2D eigenvalue weighted by Crippen LogP contribution is 2.28. The van der Waals surface area contributed by atoms with Crippen LogP contribution in [-0.2, 0) is 5.75 Å². The Labute approximate surface area is 106 Å². The number of hydrogen-bond acceptors (Lipinski definition) is 4. The first-order valence-electron chi connectivity index (χ1n) is 5.56. The first-order chi connectivity index (χ1) is 7.91. The van der Waals surface area contributed by atoms with Gasteiger partial charge in [0.05, 0.1) is 4.92 Å². The molecule has 1 atom stereocenters. The minimum absolute atomic E-state index is 0.104. The van der Waals surface area contributed by atoms with Crippen molar-refractivity contribution >= 4 is 23.1 Å². The number of non-ortho nitro benzene ring substituents is 1. The van der Waals surface area contributed by atoms with Crippen molar-refractivity contribution in [3.63, 3.8) is 0 Å². The molecule has 0 spiro atoms. The Kier molecular flexibility index (Phi) is 4.81. The number of nitro groups is 1. The number of benzene rings is 1. The van der Waals surface area contributed by atoms with Crippen molar-refractivity contribution in [1.82, 2.24) is 0 Å². The molecule has 0 bridgehead atoms. The molecule has 0 radical (unpaired) electrons. The number of nitrogen functional groups attached to an aromatic ring is 1. The maximum absolute atomic E-state index is 10.7. The van der Waals surface area contributed by atoms with Crippen molar-refractivity contribution in [2.24, 2.45) is 5.92 Å². The van der Waals surface area contributed by atoms with Gasteiger partial charge in [-0.25, -0.2) is 0 Å². The molecule has 0 heterocycles. The van der Waals surface area contributed by atoms with Gasteiger partial charge in [0.15, 0.2) is 0 Å². The van der Waals surface area contributed by atoms with E-state index in [1.807, 2.05) is 0 Å². The van der Waals surface area contributed by atoms with Crippen LogP contribution in [-0.4, -0.2) is 10.2 Å². The molecule has 0 amide bonds. The fraction of sp³-hybridized carbons (Fsp3) is 0.500. The molecule has 1 rings (SSSR count). The number of nitro benzene ring substituents is 1. The summed E-state index contributed by atoms with van der Waals surface area (Å²) in [6.07, 6.45) is 0. The fourth-order valence-electron chi connectivity index (χ4n) is 1.24. The van der Waals surface area contributed by atoms with E-state index in [4.69, 9.17) is 5.73 Å². The Morgan fingerprint density at radius 3 is 2.59 bits per heavy atom. The van der Waals surface area contributed by atoms with Crippen molar-refractivity contribution in [2.45, 2.75) is 31.8 Å². The molecular formula is C12H18N2O2S. The average Bonchev–Trinajstić information content (AvgIpc) is 2.26. The van der Waals surface area contributed by atoms with Gasteiger partial charge in [0.1, 0.15) is 0 Å². The molecule has 94 valence electrons. The molecule has 0 fully saturated rings. The van der Waals surface area contributed by atoms with Gasteiger partial charge in [-0.2, -0.15) is 11.8 Å². The number of nitrogens with two attached hydrogens (primary N) is 1. The van der Waals surface area contributed by atoms with Crippen LogP contribution in [0.1, 0.15) is 26.3 Å². The largest absolute Gasteiger partial charge is 0.398 e. The van der Waals surface area contributed by atoms with Crippen LogP contribution in [0.25, 0.3) is 0 Å². The second kappa shape index (κ2) is 5.91. The van der Waals surface area contributed by atoms with Gasteiger partial charge < -0.3 is 5.73 Å². The number of hydrogen-bond donors (Lipinski definition) is 1. The molecule has 17 heavy (non-hydrogen) atoms. The monoisotopic (exact) mass is 254 g/mol. The quantitative estimate of drug-likeness (QED) is 0.496. The van der Waals surface area contributed by atoms with Crippen LogP contribution in [0.5, 0.6) is 0 Å². The van der Waals surface area contributed by atoms with E-state index >= 15 is 0 Å². The lowest BCUT2D eigenvalue weighted by molar-refractivity contribution is -0.384. The zero-order chi connectivity index (χ0) is 13.0. The summed E-state index contributed by atoms with van der Waals surface area (Å²) in [5.41, 5.74) is 7.39. The third kappa shape index (κ3) is 3.93. The summed E-state index contributed by atoms with van der Waals surface area (Å²) in [6.45, 7) is 6.48. The summed E-state index contributed by atoms with van der Waals surface area (Å²) >= 11 is 1.77. The highest BCUT2D eigenvalue weighted by Gasteiger charge is 2.12. The van der Waals surface area contributed by atoms with Crippen LogP contribution in [0.3, 0.4) is 0 Å². The minimum atomic E-state index is -0.389. The molecule has 0 saturated carbocycles. The molecule has 1 unspecified atom stereocenters. The maximum Gasteiger partial charge on any atom is 0.269 e. The molecule has 0 aliphatic heterocycles. The molecule has 5 heteroatoms. The van der Waals surface area contributed by atoms with Crippen molar-refractivity contribution in [3.8, 4) is 0 Å². The Hall–Kier alpha value is -1.23. The summed E-state index contributed by atoms with van der Waals surface area (Å²) in [5, 5.41) is 11.2. The van der Waals surface area contributed by atoms with E-state index in [9.17, 15) is 10.1 Å². The Balaban J connectivity index is 2.76. The van der Waals surface area contributed by atoms with Crippen LogP contribution >= 0.6 is 11.8 Å². The van der Waals surface area contributed by atoms with Crippen molar-refractivity contribution in [3.05, 3.63) is 33.9 Å². The highest BCUT2D eigenvalue weighted by atomic mass is 32.2. The molecule has 2 N–H and O–H groups in total. The van der Waals surface area contributed by atoms with Crippen LogP contribution in [0.4, 0.5) is 11.4 Å². The van der Waals surface area contributed by atoms with E-state index in [2.05, 4.69) is 20.8 Å². The normalized spacial score (nSPS) is 12.7. The van der Waals surface area contributed by atoms with Crippen molar-refractivity contribution in [2.75, 3.05) is 5.73 Å². The molecular weight excluding hydrogens is 236 g/mol. The lowest BCUT2D eigenvalue weighted by Crippen LogP contribution is -2.06. The Morgan fingerprint density at radius 1 is 1.41 bits per heavy atom. The number of anilines is 1. The van der Waals surface area contributed by atoms with Gasteiger partial charge in [0.25, 0.3) is 5.69 Å². The lowest BCUT2D eigenvalue weighted by Gasteiger charge is -2.15. The highest BCUT2D eigenvalue weighted by molar-refractivity contribution is 7.99. The molecule has 0 aliphatic rings. The Bertz CT molecular complexity index is 407. The molecule has 0 aromatic heterocycles. The second-order valence-electron chi connectivity index (χ2n) is 4.40. The Morgan fingerprint density at radius 2 is 2.06 bits per heavy atom. The second-order valence-corrected chi connectivity index (χ2v) is 5.77. The molecule has 1 aromatic rings. The van der Waals surface area contributed by atoms with Gasteiger partial charge >= 0.3 is 0 Å². The van der Waals surface area contributed by atoms with E-state index in [0.29, 0.717) is 22.6 Å². The third-order valence-electron chi connectivity index (χ3n) is 2.78. The summed E-state index contributed by atoms with van der Waals surface area (Å²) in [5.74, 6) is 1.30. The molecule has 4 nitrogen and oxygen atoms in total. The van der Waals surface area contributed by atoms with Gasteiger partial charge in [0, 0.05) is 28.8 Å². The standard InChI is InChI=1S/C12H18N2O2S/c1-8(2)9(3)17-7-10-6-11(14(15)16)4-5-12(10)13/h4-6,8-9H,7,13H2,1-3H3. The van der Waals surface area contributed by atoms with Crippen molar-refractivity contribution < 1.29 is 4.92 Å². The summed E-state index contributed by atoms with van der Waals surface area (Å²) < 4.78 is 0. The van der Waals surface area contributed by atoms with E-state index in [0.717, 1.165) is 5.56 Å². The summed E-state index contributed by atoms with van der Waals surface area (Å²) in [6, 6.07) is 4.61. The molecule has 0 aliphatic carbocycles. The van der Waals surface area contributed by atoms with Gasteiger partial charge in [-0.3, -0.25) is 10.1 Å². The van der Waals surface area contributed by atoms with E-state index in [-0.39, 0.29) is 10.6 Å². The number of thioether (sulfide) groups is 1. The van der Waals surface area contributed by atoms with Gasteiger partial charge in [-0.05, 0) is 17.5 Å². The van der Waals surface area contributed by atoms with E-state index in [1.165, 1.54) is 6.07 Å². The summed E-state index contributed by atoms with van der Waals surface area (Å²) in [4.78, 5) is 10.3. The van der Waals surface area contributed by atoms with Gasteiger partial charge in [0.2, 0.25) is 0 Å². The molecule has 1 aromatic carbocycles. The summed E-state index contributed by atoms with van der Waals surface area (Å²) in [7, 11) is 0. The molecule has 0 saturated heterocycles. The van der Waals surface area contributed by atoms with Crippen molar-refractivity contribution in [1.29, 1.82) is 0 Å². The van der Waals surface area contributed by atoms with Gasteiger partial charge in [-0.15, -0.1) is 0 Å². The fourth-order valence-corrected chi connectivity index (χ4v) is 2.32. The first-order valence-corrected chi connectivity index (χ1v) is 6.61. The zero-order valence-corrected chi connectivity index (χ0v) is 11.2. The SMILES string of the molecule is CC(C)C(C)SCc1cc([N+](=O)[O-])ccc1N. The number of nitrogens with zero attached hydrogens (tertiary/aromatic N) is 1. The number of rotatable bonds is 5. The van der Waals surface area contributed by atoms with Crippen LogP contribution in [0.2, 0.25) is 0 Å². The van der Waals surface area contributed by atoms with Crippen LogP contribution in [0, 0.1) is 16.0 Å². The topological polar surface area (TPSA) is 69.2 Å². The minimum Gasteiger partial charge on any atom is -0.398 e. The van der Waals surface area contributed by atoms with E-state index < -0.39 is 0 Å². The first kappa shape index (κ1) is 13.8.